The average Bonchev–Trinajstić information content (AvgIpc) is 3.35. The van der Waals surface area contributed by atoms with Gasteiger partial charge >= 0.3 is 25.7 Å². The summed E-state index contributed by atoms with van der Waals surface area (Å²) in [6.07, 6.45) is 63.4. The van der Waals surface area contributed by atoms with Crippen molar-refractivity contribution in [3.63, 3.8) is 0 Å². The number of carbonyl (C=O) groups excluding carboxylic acids is 3. The van der Waals surface area contributed by atoms with E-state index in [-0.39, 0.29) is 19.3 Å². The molecule has 0 radical (unpaired) electrons. The van der Waals surface area contributed by atoms with Crippen LogP contribution in [-0.4, -0.2) is 66.5 Å². The van der Waals surface area contributed by atoms with Crippen molar-refractivity contribution >= 4 is 25.7 Å². The van der Waals surface area contributed by atoms with Gasteiger partial charge in [0.05, 0.1) is 32.7 Å². The molecular formula is C58H91O11P. The molecule has 0 saturated carbocycles. The minimum Gasteiger partial charge on any atom is -0.462 e. The maximum Gasteiger partial charge on any atom is 0.472 e. The molecule has 0 saturated heterocycles. The van der Waals surface area contributed by atoms with Crippen LogP contribution < -0.4 is 0 Å². The average molecular weight is 995 g/mol. The molecule has 394 valence electrons. The molecule has 0 spiro atoms. The summed E-state index contributed by atoms with van der Waals surface area (Å²) >= 11 is 0. The maximum atomic E-state index is 12.8. The number of hydrogen-bond donors (Lipinski definition) is 2. The van der Waals surface area contributed by atoms with Crippen molar-refractivity contribution in [3.05, 3.63) is 134 Å². The van der Waals surface area contributed by atoms with Gasteiger partial charge in [-0.05, 0) is 96.3 Å². The van der Waals surface area contributed by atoms with Crippen LogP contribution in [0.4, 0.5) is 0 Å². The number of carbonyl (C=O) groups is 3. The van der Waals surface area contributed by atoms with E-state index in [2.05, 4.69) is 106 Å². The van der Waals surface area contributed by atoms with E-state index in [9.17, 15) is 28.9 Å². The monoisotopic (exact) mass is 995 g/mol. The smallest absolute Gasteiger partial charge is 0.462 e. The summed E-state index contributed by atoms with van der Waals surface area (Å²) in [7, 11) is -4.80. The Hall–Kier alpha value is -4.38. The highest BCUT2D eigenvalue weighted by Crippen LogP contribution is 2.43. The molecule has 0 heterocycles. The number of hydrogen-bond acceptors (Lipinski definition) is 10. The number of aliphatic hydroxyl groups excluding tert-OH is 1. The number of aliphatic hydroxyl groups is 1. The molecule has 3 unspecified atom stereocenters. The highest BCUT2D eigenvalue weighted by molar-refractivity contribution is 7.47. The van der Waals surface area contributed by atoms with E-state index in [1.165, 1.54) is 25.7 Å². The largest absolute Gasteiger partial charge is 0.472 e. The van der Waals surface area contributed by atoms with Gasteiger partial charge in [-0.2, -0.15) is 0 Å². The lowest BCUT2D eigenvalue weighted by molar-refractivity contribution is -0.160. The van der Waals surface area contributed by atoms with E-state index in [1.807, 2.05) is 36.5 Å². The second-order valence-electron chi connectivity index (χ2n) is 16.6. The van der Waals surface area contributed by atoms with E-state index in [0.717, 1.165) is 89.9 Å². The lowest BCUT2D eigenvalue weighted by Crippen LogP contribution is -2.30. The number of allylic oxidation sites excluding steroid dienone is 20. The van der Waals surface area contributed by atoms with Gasteiger partial charge < -0.3 is 24.2 Å². The first-order valence-electron chi connectivity index (χ1n) is 26.1. The van der Waals surface area contributed by atoms with Crippen molar-refractivity contribution in [2.45, 2.75) is 187 Å². The molecule has 3 atom stereocenters. The molecule has 0 rings (SSSR count). The van der Waals surface area contributed by atoms with Crippen LogP contribution >= 0.6 is 7.82 Å². The lowest BCUT2D eigenvalue weighted by Gasteiger charge is -2.21. The minimum absolute atomic E-state index is 0.0696. The summed E-state index contributed by atoms with van der Waals surface area (Å²) in [6, 6.07) is 0. The van der Waals surface area contributed by atoms with Crippen LogP contribution in [0.5, 0.6) is 0 Å². The molecule has 11 nitrogen and oxygen atoms in total. The van der Waals surface area contributed by atoms with E-state index >= 15 is 0 Å². The Morgan fingerprint density at radius 3 is 1.20 bits per heavy atom. The van der Waals surface area contributed by atoms with Crippen molar-refractivity contribution < 1.29 is 52.2 Å². The highest BCUT2D eigenvalue weighted by atomic mass is 31.2. The molecule has 70 heavy (non-hydrogen) atoms. The fourth-order valence-electron chi connectivity index (χ4n) is 6.21. The van der Waals surface area contributed by atoms with Crippen molar-refractivity contribution in [3.8, 4) is 0 Å². The zero-order valence-electron chi connectivity index (χ0n) is 43.2. The predicted molar refractivity (Wildman–Crippen MR) is 288 cm³/mol. The number of rotatable bonds is 46. The summed E-state index contributed by atoms with van der Waals surface area (Å²) in [5.74, 6) is -1.79. The summed E-state index contributed by atoms with van der Waals surface area (Å²) in [4.78, 5) is 48.2. The van der Waals surface area contributed by atoms with Gasteiger partial charge in [0, 0.05) is 6.42 Å². The van der Waals surface area contributed by atoms with Crippen LogP contribution in [0, 0.1) is 0 Å². The van der Waals surface area contributed by atoms with Crippen LogP contribution in [0.2, 0.25) is 0 Å². The molecule has 0 amide bonds. The van der Waals surface area contributed by atoms with Crippen LogP contribution in [0.25, 0.3) is 0 Å². The molecule has 0 aromatic heterocycles. The summed E-state index contributed by atoms with van der Waals surface area (Å²) < 4.78 is 39.1. The molecule has 0 aromatic rings. The van der Waals surface area contributed by atoms with Crippen molar-refractivity contribution in [2.24, 2.45) is 0 Å². The fraction of sp³-hybridized carbons (Fsp3) is 0.569. The molecule has 0 bridgehead atoms. The molecular weight excluding hydrogens is 904 g/mol. The first-order valence-corrected chi connectivity index (χ1v) is 27.6. The highest BCUT2D eigenvalue weighted by Gasteiger charge is 2.28. The lowest BCUT2D eigenvalue weighted by atomic mass is 10.1. The Bertz CT molecular complexity index is 1680. The van der Waals surface area contributed by atoms with Gasteiger partial charge in [0.25, 0.3) is 0 Å². The topological polar surface area (TPSA) is 155 Å². The van der Waals surface area contributed by atoms with Gasteiger partial charge in [-0.25, -0.2) is 4.57 Å². The van der Waals surface area contributed by atoms with Gasteiger partial charge in [0.2, 0.25) is 0 Å². The van der Waals surface area contributed by atoms with Gasteiger partial charge in [-0.1, -0.05) is 193 Å². The number of phosphoric ester groups is 1. The third-order valence-corrected chi connectivity index (χ3v) is 11.1. The molecule has 0 aliphatic rings. The van der Waals surface area contributed by atoms with Crippen molar-refractivity contribution in [2.75, 3.05) is 26.4 Å². The van der Waals surface area contributed by atoms with Gasteiger partial charge in [0.15, 0.2) is 6.10 Å². The Balaban J connectivity index is 4.97. The fourth-order valence-corrected chi connectivity index (χ4v) is 6.99. The van der Waals surface area contributed by atoms with Crippen molar-refractivity contribution in [1.82, 2.24) is 0 Å². The quantitative estimate of drug-likeness (QED) is 0.0197. The second kappa shape index (κ2) is 51.0. The Kier molecular flexibility index (Phi) is 47.8. The molecule has 0 aromatic carbocycles. The predicted octanol–water partition coefficient (Wildman–Crippen LogP) is 15.0. The molecule has 2 N–H and O–H groups in total. The maximum absolute atomic E-state index is 12.8. The third-order valence-electron chi connectivity index (χ3n) is 10.1. The van der Waals surface area contributed by atoms with Crippen LogP contribution in [0.1, 0.15) is 175 Å². The summed E-state index contributed by atoms with van der Waals surface area (Å²) in [5.41, 5.74) is 0. The number of ether oxygens (including phenoxy) is 3. The zero-order chi connectivity index (χ0) is 51.3. The van der Waals surface area contributed by atoms with Gasteiger partial charge in [-0.3, -0.25) is 23.4 Å². The van der Waals surface area contributed by atoms with Crippen LogP contribution in [0.3, 0.4) is 0 Å². The molecule has 0 fully saturated rings. The number of phosphoric acid groups is 1. The van der Waals surface area contributed by atoms with E-state index in [4.69, 9.17) is 23.3 Å². The SMILES string of the molecule is CC/C=C\C/C=C\C/C=C\C/C=C\C/C=C\CC(=O)OC(CO)COP(=O)(O)OCC(COC(=O)CCCCCCC/C=C\CCCCCC)OC(=O)C/C=C\C/C=C\C/C=C\C/C=C\C/C=C\CC. The molecule has 0 aliphatic heterocycles. The number of unbranched alkanes of at least 4 members (excludes halogenated alkanes) is 9. The summed E-state index contributed by atoms with van der Waals surface area (Å²) in [5, 5.41) is 9.76. The first-order chi connectivity index (χ1) is 34.2. The normalized spacial score (nSPS) is 14.5. The zero-order valence-corrected chi connectivity index (χ0v) is 44.1. The molecule has 0 aliphatic carbocycles. The van der Waals surface area contributed by atoms with Gasteiger partial charge in [0.1, 0.15) is 12.7 Å². The standard InChI is InChI=1S/C58H91O11P/c1-4-7-10-13-16-19-22-25-27-30-33-36-39-42-45-48-57(61)68-54(50-59)52-66-70(63,64)67-53-55(51-65-56(60)47-44-41-38-35-32-29-24-21-18-15-12-9-6-3)69-58(62)49-46-43-40-37-34-31-28-26-23-20-17-14-11-8-5-2/h7-8,10-11,16-17,19-21,24-28,33-34,36-37,42-43,45-46,54-55,59H,4-6,9,12-15,18,22-23,29-32,35,38-41,44,47-53H2,1-3H3,(H,63,64)/b10-7-,11-8-,19-16-,20-17-,24-21-,27-25-,28-26-,36-33-,37-34-,45-42-,46-43-. The van der Waals surface area contributed by atoms with Crippen LogP contribution in [0.15, 0.2) is 134 Å². The van der Waals surface area contributed by atoms with E-state index in [1.54, 1.807) is 12.2 Å². The second-order valence-corrected chi connectivity index (χ2v) is 18.1. The first kappa shape index (κ1) is 65.6. The minimum atomic E-state index is -4.80. The number of esters is 3. The van der Waals surface area contributed by atoms with Crippen molar-refractivity contribution in [1.29, 1.82) is 0 Å². The van der Waals surface area contributed by atoms with E-state index in [0.29, 0.717) is 19.3 Å². The molecule has 12 heteroatoms. The van der Waals surface area contributed by atoms with E-state index < -0.39 is 64.4 Å². The Labute approximate surface area is 423 Å². The van der Waals surface area contributed by atoms with Crippen LogP contribution in [-0.2, 0) is 42.2 Å². The Morgan fingerprint density at radius 2 is 0.786 bits per heavy atom. The third kappa shape index (κ3) is 48.6. The Morgan fingerprint density at radius 1 is 0.429 bits per heavy atom. The summed E-state index contributed by atoms with van der Waals surface area (Å²) in [6.45, 7) is 4.12. The van der Waals surface area contributed by atoms with Gasteiger partial charge in [-0.15, -0.1) is 0 Å².